The Morgan fingerprint density at radius 3 is 1.62 bits per heavy atom. The van der Waals surface area contributed by atoms with Crippen molar-refractivity contribution in [3.8, 4) is 22.5 Å². The molecule has 0 aliphatic rings. The number of sulfone groups is 2. The number of aryl methyl sites for hydroxylation is 1. The van der Waals surface area contributed by atoms with E-state index in [1.165, 1.54) is 67.0 Å². The van der Waals surface area contributed by atoms with E-state index in [0.717, 1.165) is 33.5 Å². The molecule has 0 saturated carbocycles. The van der Waals surface area contributed by atoms with E-state index < -0.39 is 63.5 Å². The number of carbonyl (C=O) groups excluding carboxylic acids is 2. The highest BCUT2D eigenvalue weighted by molar-refractivity contribution is 7.98. The number of aromatic nitrogens is 4. The molecule has 6 N–H and O–H groups in total. The van der Waals surface area contributed by atoms with Crippen LogP contribution in [0.5, 0.6) is 0 Å². The Balaban J connectivity index is 1.05. The number of nitrogens with zero attached hydrogens (tertiary/aromatic N) is 4. The smallest absolute Gasteiger partial charge is 0.345 e. The van der Waals surface area contributed by atoms with Crippen LogP contribution < -0.4 is 22.1 Å². The fourth-order valence-electron chi connectivity index (χ4n) is 6.32. The molecule has 0 spiro atoms. The summed E-state index contributed by atoms with van der Waals surface area (Å²) < 4.78 is 112. The molecule has 0 aliphatic heterocycles. The molecule has 20 nitrogen and oxygen atoms in total. The molecule has 358 valence electrons. The number of halogens is 2. The highest BCUT2D eigenvalue weighted by Gasteiger charge is 2.33. The molecular formula is C42H42ClFN8O12P2S2. The summed E-state index contributed by atoms with van der Waals surface area (Å²) in [6.07, 6.45) is 2.81. The van der Waals surface area contributed by atoms with Gasteiger partial charge in [-0.3, -0.25) is 18.7 Å². The Labute approximate surface area is 394 Å². The SMILES string of the molecule is COP(=O)(CS(=O)(=O)c1ccc(NC(=O)c2nc(-c3ccc(CCOP(=O)(CS(=O)(=O)c4ccc(NC(=O)c5nc(-c6cc(F)ccc6Cl)cnc5N)cc4)OC)cc3C)cnc2N)cc1)OC. The molecule has 1 unspecified atom stereocenters. The molecule has 0 bridgehead atoms. The van der Waals surface area contributed by atoms with Crippen LogP contribution in [0.4, 0.5) is 27.4 Å². The number of anilines is 4. The van der Waals surface area contributed by atoms with Gasteiger partial charge in [0.1, 0.15) is 5.82 Å². The number of carbonyl (C=O) groups is 2. The molecule has 0 aliphatic carbocycles. The van der Waals surface area contributed by atoms with Gasteiger partial charge >= 0.3 is 15.2 Å². The van der Waals surface area contributed by atoms with Crippen molar-refractivity contribution in [3.63, 3.8) is 0 Å². The van der Waals surface area contributed by atoms with E-state index in [1.807, 2.05) is 0 Å². The molecule has 6 rings (SSSR count). The second-order valence-corrected chi connectivity index (χ2v) is 24.2. The highest BCUT2D eigenvalue weighted by atomic mass is 35.5. The van der Waals surface area contributed by atoms with Crippen LogP contribution in [0, 0.1) is 12.7 Å². The number of benzene rings is 4. The summed E-state index contributed by atoms with van der Waals surface area (Å²) in [7, 11) is -13.2. The van der Waals surface area contributed by atoms with Crippen molar-refractivity contribution < 1.29 is 58.0 Å². The first-order chi connectivity index (χ1) is 32.1. The summed E-state index contributed by atoms with van der Waals surface area (Å²) >= 11 is 6.18. The lowest BCUT2D eigenvalue weighted by Crippen LogP contribution is -2.17. The van der Waals surface area contributed by atoms with Crippen LogP contribution in [0.15, 0.2) is 107 Å². The van der Waals surface area contributed by atoms with Crippen molar-refractivity contribution in [2.75, 3.05) is 61.0 Å². The molecule has 26 heteroatoms. The summed E-state index contributed by atoms with van der Waals surface area (Å²) in [5, 5.41) is 5.32. The molecule has 0 radical (unpaired) electrons. The van der Waals surface area contributed by atoms with Crippen LogP contribution in [0.2, 0.25) is 5.02 Å². The maximum Gasteiger partial charge on any atom is 0.345 e. The van der Waals surface area contributed by atoms with Gasteiger partial charge in [-0.15, -0.1) is 0 Å². The van der Waals surface area contributed by atoms with Gasteiger partial charge in [-0.1, -0.05) is 29.8 Å². The second-order valence-electron chi connectivity index (χ2n) is 14.5. The number of nitrogens with two attached hydrogens (primary N) is 2. The molecule has 1 atom stereocenters. The van der Waals surface area contributed by atoms with Crippen molar-refractivity contribution in [3.05, 3.63) is 131 Å². The van der Waals surface area contributed by atoms with Gasteiger partial charge in [-0.05, 0) is 91.2 Å². The van der Waals surface area contributed by atoms with Gasteiger partial charge in [0.25, 0.3) is 11.8 Å². The zero-order valence-electron chi connectivity index (χ0n) is 36.4. The molecule has 68 heavy (non-hydrogen) atoms. The van der Waals surface area contributed by atoms with Gasteiger partial charge in [-0.2, -0.15) is 0 Å². The van der Waals surface area contributed by atoms with Gasteiger partial charge in [0.15, 0.2) is 53.7 Å². The number of amides is 2. The standard InChI is InChI=1S/C42H42ClFN8O12P2S2/c1-25-19-26(5-15-32(25)35-21-47-39(45)37(51-35)41(53)49-28-7-11-30(12-8-28)67(57,58)23-65(55,61-2)62-3)17-18-64-66(56,63-4)24-68(59,60)31-13-9-29(10-14-31)50-42(54)38-40(46)48-22-36(52-38)33-20-27(44)6-16-34(33)43/h5-16,19-22H,17-18,23-24H2,1-4H3,(H2,45,47)(H2,46,48)(H,49,53)(H,50,54). The third kappa shape index (κ3) is 12.4. The average molecular weight is 1030 g/mol. The first-order valence-corrected chi connectivity index (χ1v) is 26.8. The quantitative estimate of drug-likeness (QED) is 0.0574. The summed E-state index contributed by atoms with van der Waals surface area (Å²) in [5.41, 5.74) is 12.5. The molecule has 4 aromatic carbocycles. The van der Waals surface area contributed by atoms with Crippen molar-refractivity contribution in [1.29, 1.82) is 0 Å². The van der Waals surface area contributed by atoms with Crippen LogP contribution in [-0.2, 0) is 53.3 Å². The topological polar surface area (TPSA) is 301 Å². The van der Waals surface area contributed by atoms with E-state index in [1.54, 1.807) is 25.1 Å². The van der Waals surface area contributed by atoms with Crippen LogP contribution in [0.25, 0.3) is 22.5 Å². The first-order valence-electron chi connectivity index (χ1n) is 19.7. The van der Waals surface area contributed by atoms with Crippen LogP contribution in [0.1, 0.15) is 32.1 Å². The first kappa shape index (κ1) is 51.4. The van der Waals surface area contributed by atoms with E-state index in [4.69, 9.17) is 41.2 Å². The molecule has 0 saturated heterocycles. The minimum atomic E-state index is -4.26. The van der Waals surface area contributed by atoms with Crippen LogP contribution in [0.3, 0.4) is 0 Å². The lowest BCUT2D eigenvalue weighted by atomic mass is 10.0. The monoisotopic (exact) mass is 1030 g/mol. The van der Waals surface area contributed by atoms with Gasteiger partial charge in [-0.25, -0.2) is 41.2 Å². The third-order valence-electron chi connectivity index (χ3n) is 9.91. The molecular weight excluding hydrogens is 989 g/mol. The van der Waals surface area contributed by atoms with Crippen molar-refractivity contribution in [1.82, 2.24) is 19.9 Å². The normalized spacial score (nSPS) is 12.9. The van der Waals surface area contributed by atoms with Crippen molar-refractivity contribution in [2.45, 2.75) is 23.1 Å². The summed E-state index contributed by atoms with van der Waals surface area (Å²) in [6, 6.07) is 18.9. The van der Waals surface area contributed by atoms with Crippen molar-refractivity contribution in [2.24, 2.45) is 0 Å². The van der Waals surface area contributed by atoms with E-state index in [0.29, 0.717) is 22.4 Å². The fourth-order valence-corrected chi connectivity index (χ4v) is 14.3. The van der Waals surface area contributed by atoms with Gasteiger partial charge in [0.2, 0.25) is 0 Å². The zero-order chi connectivity index (χ0) is 49.6. The lowest BCUT2D eigenvalue weighted by Gasteiger charge is -2.17. The maximum atomic E-state index is 13.9. The molecule has 2 heterocycles. The predicted molar refractivity (Wildman–Crippen MR) is 252 cm³/mol. The van der Waals surface area contributed by atoms with Gasteiger partial charge < -0.3 is 40.2 Å². The molecule has 2 amide bonds. The van der Waals surface area contributed by atoms with E-state index in [-0.39, 0.29) is 73.5 Å². The van der Waals surface area contributed by atoms with Crippen LogP contribution in [-0.4, -0.2) is 87.5 Å². The highest BCUT2D eigenvalue weighted by Crippen LogP contribution is 2.50. The van der Waals surface area contributed by atoms with Gasteiger partial charge in [0.05, 0.1) is 45.2 Å². The molecule has 6 aromatic rings. The van der Waals surface area contributed by atoms with Crippen molar-refractivity contribution >= 4 is 81.3 Å². The molecule has 2 aromatic heterocycles. The Morgan fingerprint density at radius 2 is 1.15 bits per heavy atom. The summed E-state index contributed by atoms with van der Waals surface area (Å²) in [6.45, 7) is 1.59. The maximum absolute atomic E-state index is 13.9. The van der Waals surface area contributed by atoms with E-state index in [2.05, 4.69) is 30.6 Å². The number of nitrogens with one attached hydrogen (secondary N) is 2. The van der Waals surface area contributed by atoms with E-state index in [9.17, 15) is 39.9 Å². The Bertz CT molecular complexity index is 3220. The fraction of sp³-hybridized carbons (Fsp3) is 0.190. The zero-order valence-corrected chi connectivity index (χ0v) is 40.6. The lowest BCUT2D eigenvalue weighted by molar-refractivity contribution is 0.101. The third-order valence-corrected chi connectivity index (χ3v) is 19.7. The number of rotatable bonds is 19. The second kappa shape index (κ2) is 21.1. The average Bonchev–Trinajstić information content (AvgIpc) is 3.30. The van der Waals surface area contributed by atoms with E-state index >= 15 is 0 Å². The minimum Gasteiger partial charge on any atom is -0.382 e. The summed E-state index contributed by atoms with van der Waals surface area (Å²) in [5.74, 6) is -2.51. The Hall–Kier alpha value is -6.00. The largest absolute Gasteiger partial charge is 0.382 e. The van der Waals surface area contributed by atoms with Crippen LogP contribution >= 0.6 is 26.8 Å². The van der Waals surface area contributed by atoms with Gasteiger partial charge in [0, 0.05) is 43.8 Å². The predicted octanol–water partition coefficient (Wildman–Crippen LogP) is 7.42. The molecule has 0 fully saturated rings. The Morgan fingerprint density at radius 1 is 0.676 bits per heavy atom. The number of hydrogen-bond donors (Lipinski definition) is 4. The minimum absolute atomic E-state index is 0.0871. The Kier molecular flexibility index (Phi) is 16.0. The number of nitrogen functional groups attached to an aromatic ring is 2. The summed E-state index contributed by atoms with van der Waals surface area (Å²) in [4.78, 5) is 42.7. The number of hydrogen-bond acceptors (Lipinski definition) is 18.